The quantitative estimate of drug-likeness (QED) is 0.0238. The lowest BCUT2D eigenvalue weighted by Gasteiger charge is -2.20. The molecule has 0 heterocycles. The number of phosphoric acid groups is 1. The number of allylic oxidation sites excluding steroid dienone is 4. The highest BCUT2D eigenvalue weighted by Gasteiger charge is 2.27. The number of hydrogen-bond acceptors (Lipinski definition) is 9. The lowest BCUT2D eigenvalue weighted by atomic mass is 10.1. The first kappa shape index (κ1) is 51.5. The number of phosphoric ester groups is 1. The molecule has 0 saturated carbocycles. The van der Waals surface area contributed by atoms with Crippen LogP contribution in [0.5, 0.6) is 0 Å². The van der Waals surface area contributed by atoms with Crippen LogP contribution in [0.1, 0.15) is 194 Å². The predicted octanol–water partition coefficient (Wildman–Crippen LogP) is 11.0. The molecule has 0 radical (unpaired) electrons. The molecule has 0 saturated heterocycles. The fourth-order valence-electron chi connectivity index (χ4n) is 5.79. The number of unbranched alkanes of at least 4 members (excludes halogenated alkanes) is 22. The van der Waals surface area contributed by atoms with Crippen LogP contribution in [0.3, 0.4) is 0 Å². The maximum absolute atomic E-state index is 12.6. The molecule has 0 aromatic rings. The van der Waals surface area contributed by atoms with Crippen molar-refractivity contribution in [3.8, 4) is 0 Å². The zero-order chi connectivity index (χ0) is 39.1. The van der Waals surface area contributed by atoms with Gasteiger partial charge in [-0.05, 0) is 44.9 Å². The Bertz CT molecular complexity index is 941. The fraction of sp³-hybridized carbons (Fsp3) is 0.857. The standard InChI is InChI=1S/C42H79O10P/c1-3-5-7-9-11-13-15-16-17-18-19-20-21-22-24-26-28-30-32-34-42(46)52-40(38-51-53(47,48)50-36-39(44)35-43)37-49-41(45)33-31-29-27-25-23-14-12-10-8-6-4-2/h11,13,16-17,39-40,43-44H,3-10,12,14-15,18-38H2,1-2H3,(H,47,48)/b13-11+,17-16+/t39-,40+/m0/s1. The van der Waals surface area contributed by atoms with Gasteiger partial charge in [0.2, 0.25) is 0 Å². The van der Waals surface area contributed by atoms with Crippen LogP contribution < -0.4 is 0 Å². The van der Waals surface area contributed by atoms with Crippen LogP contribution in [0.15, 0.2) is 24.3 Å². The van der Waals surface area contributed by atoms with Crippen LogP contribution >= 0.6 is 7.82 Å². The van der Waals surface area contributed by atoms with E-state index >= 15 is 0 Å². The van der Waals surface area contributed by atoms with Crippen LogP contribution in [0, 0.1) is 0 Å². The van der Waals surface area contributed by atoms with Crippen molar-refractivity contribution in [3.05, 3.63) is 24.3 Å². The molecule has 3 N–H and O–H groups in total. The monoisotopic (exact) mass is 775 g/mol. The number of hydrogen-bond donors (Lipinski definition) is 3. The van der Waals surface area contributed by atoms with Crippen molar-refractivity contribution in [3.63, 3.8) is 0 Å². The summed E-state index contributed by atoms with van der Waals surface area (Å²) in [4.78, 5) is 34.9. The Kier molecular flexibility index (Phi) is 37.6. The number of carbonyl (C=O) groups excluding carboxylic acids is 2. The molecule has 0 bridgehead atoms. The second-order valence-corrected chi connectivity index (χ2v) is 15.8. The Morgan fingerprint density at radius 3 is 1.49 bits per heavy atom. The molecule has 0 aliphatic rings. The fourth-order valence-corrected chi connectivity index (χ4v) is 6.58. The van der Waals surface area contributed by atoms with Gasteiger partial charge in [0.05, 0.1) is 19.8 Å². The molecular formula is C42H79O10P. The van der Waals surface area contributed by atoms with Crippen LogP contribution in [-0.4, -0.2) is 65.7 Å². The van der Waals surface area contributed by atoms with Crippen molar-refractivity contribution in [1.82, 2.24) is 0 Å². The van der Waals surface area contributed by atoms with Crippen molar-refractivity contribution in [1.29, 1.82) is 0 Å². The van der Waals surface area contributed by atoms with Crippen LogP contribution in [0.4, 0.5) is 0 Å². The number of rotatable bonds is 40. The van der Waals surface area contributed by atoms with Gasteiger partial charge in [-0.15, -0.1) is 0 Å². The molecule has 0 amide bonds. The highest BCUT2D eigenvalue weighted by atomic mass is 31.2. The molecular weight excluding hydrogens is 695 g/mol. The van der Waals surface area contributed by atoms with Gasteiger partial charge in [0.15, 0.2) is 6.10 Å². The van der Waals surface area contributed by atoms with E-state index in [1.54, 1.807) is 0 Å². The van der Waals surface area contributed by atoms with E-state index in [1.807, 2.05) is 0 Å². The van der Waals surface area contributed by atoms with Crippen molar-refractivity contribution in [2.45, 2.75) is 206 Å². The number of ether oxygens (including phenoxy) is 2. The highest BCUT2D eigenvalue weighted by molar-refractivity contribution is 7.47. The molecule has 0 aromatic carbocycles. The average molecular weight is 775 g/mol. The van der Waals surface area contributed by atoms with E-state index in [4.69, 9.17) is 19.1 Å². The molecule has 10 nitrogen and oxygen atoms in total. The predicted molar refractivity (Wildman–Crippen MR) is 215 cm³/mol. The minimum Gasteiger partial charge on any atom is -0.462 e. The molecule has 11 heteroatoms. The van der Waals surface area contributed by atoms with E-state index in [9.17, 15) is 24.2 Å². The Morgan fingerprint density at radius 2 is 0.981 bits per heavy atom. The van der Waals surface area contributed by atoms with Crippen LogP contribution in [0.25, 0.3) is 0 Å². The number of aliphatic hydroxyl groups is 2. The molecule has 312 valence electrons. The third-order valence-electron chi connectivity index (χ3n) is 9.11. The van der Waals surface area contributed by atoms with E-state index in [0.717, 1.165) is 51.4 Å². The molecule has 0 aliphatic heterocycles. The highest BCUT2D eigenvalue weighted by Crippen LogP contribution is 2.43. The zero-order valence-electron chi connectivity index (χ0n) is 33.7. The maximum atomic E-state index is 12.6. The lowest BCUT2D eigenvalue weighted by molar-refractivity contribution is -0.161. The Morgan fingerprint density at radius 1 is 0.566 bits per heavy atom. The first-order chi connectivity index (χ1) is 25.7. The Labute approximate surface area is 323 Å². The minimum absolute atomic E-state index is 0.182. The van der Waals surface area contributed by atoms with E-state index in [2.05, 4.69) is 42.7 Å². The summed E-state index contributed by atoms with van der Waals surface area (Å²) in [5.41, 5.74) is 0. The largest absolute Gasteiger partial charge is 0.472 e. The summed E-state index contributed by atoms with van der Waals surface area (Å²) < 4.78 is 32.7. The number of aliphatic hydroxyl groups excluding tert-OH is 2. The first-order valence-corrected chi connectivity index (χ1v) is 22.8. The van der Waals surface area contributed by atoms with Gasteiger partial charge in [-0.3, -0.25) is 18.6 Å². The third kappa shape index (κ3) is 38.5. The van der Waals surface area contributed by atoms with Crippen molar-refractivity contribution < 1.29 is 47.8 Å². The van der Waals surface area contributed by atoms with Gasteiger partial charge >= 0.3 is 19.8 Å². The summed E-state index contributed by atoms with van der Waals surface area (Å²) in [5, 5.41) is 18.3. The van der Waals surface area contributed by atoms with Gasteiger partial charge in [-0.25, -0.2) is 4.57 Å². The van der Waals surface area contributed by atoms with E-state index in [-0.39, 0.29) is 19.4 Å². The third-order valence-corrected chi connectivity index (χ3v) is 10.1. The normalized spacial score (nSPS) is 14.1. The summed E-state index contributed by atoms with van der Waals surface area (Å²) in [6.07, 6.45) is 37.1. The van der Waals surface area contributed by atoms with Crippen molar-refractivity contribution >= 4 is 19.8 Å². The zero-order valence-corrected chi connectivity index (χ0v) is 34.6. The SMILES string of the molecule is CCCCC/C=C/C/C=C/CCCCCCCCCCCC(=O)O[C@H](COC(=O)CCCCCCCCCCCCC)COP(=O)(O)OC[C@@H](O)CO. The lowest BCUT2D eigenvalue weighted by Crippen LogP contribution is -2.29. The van der Waals surface area contributed by atoms with E-state index in [0.29, 0.717) is 12.8 Å². The van der Waals surface area contributed by atoms with E-state index < -0.39 is 51.8 Å². The van der Waals surface area contributed by atoms with Gasteiger partial charge in [0.1, 0.15) is 12.7 Å². The molecule has 0 aliphatic carbocycles. The van der Waals surface area contributed by atoms with Gasteiger partial charge in [0, 0.05) is 12.8 Å². The number of carbonyl (C=O) groups is 2. The molecule has 0 fully saturated rings. The van der Waals surface area contributed by atoms with Crippen molar-refractivity contribution in [2.75, 3.05) is 26.4 Å². The van der Waals surface area contributed by atoms with E-state index in [1.165, 1.54) is 103 Å². The van der Waals surface area contributed by atoms with Crippen LogP contribution in [0.2, 0.25) is 0 Å². The van der Waals surface area contributed by atoms with Gasteiger partial charge < -0.3 is 24.6 Å². The summed E-state index contributed by atoms with van der Waals surface area (Å²) >= 11 is 0. The van der Waals surface area contributed by atoms with Gasteiger partial charge in [-0.1, -0.05) is 160 Å². The summed E-state index contributed by atoms with van der Waals surface area (Å²) in [6.45, 7) is 2.35. The van der Waals surface area contributed by atoms with Crippen molar-refractivity contribution in [2.24, 2.45) is 0 Å². The minimum atomic E-state index is -4.61. The van der Waals surface area contributed by atoms with Gasteiger partial charge in [0.25, 0.3) is 0 Å². The second kappa shape index (κ2) is 38.7. The Balaban J connectivity index is 4.26. The maximum Gasteiger partial charge on any atom is 0.472 e. The molecule has 3 atom stereocenters. The summed E-state index contributed by atoms with van der Waals surface area (Å²) in [6, 6.07) is 0. The molecule has 0 rings (SSSR count). The molecule has 1 unspecified atom stereocenters. The second-order valence-electron chi connectivity index (χ2n) is 14.4. The molecule has 53 heavy (non-hydrogen) atoms. The summed E-state index contributed by atoms with van der Waals surface area (Å²) in [5.74, 6) is -0.925. The van der Waals surface area contributed by atoms with Crippen LogP contribution in [-0.2, 0) is 32.7 Å². The molecule has 0 spiro atoms. The summed E-state index contributed by atoms with van der Waals surface area (Å²) in [7, 11) is -4.61. The first-order valence-electron chi connectivity index (χ1n) is 21.3. The van der Waals surface area contributed by atoms with Gasteiger partial charge in [-0.2, -0.15) is 0 Å². The topological polar surface area (TPSA) is 149 Å². The number of esters is 2. The smallest absolute Gasteiger partial charge is 0.462 e. The average Bonchev–Trinajstić information content (AvgIpc) is 3.14. The Hall–Kier alpha value is -1.55. The molecule has 0 aromatic heterocycles.